The molecule has 1 aromatic carbocycles. The van der Waals surface area contributed by atoms with E-state index < -0.39 is 6.10 Å². The number of carbonyl (C=O) groups excluding carboxylic acids is 1. The Morgan fingerprint density at radius 2 is 1.94 bits per heavy atom. The Kier molecular flexibility index (Phi) is 5.31. The molecule has 0 bridgehead atoms. The Bertz CT molecular complexity index is 389. The van der Waals surface area contributed by atoms with E-state index in [0.717, 1.165) is 11.1 Å². The lowest BCUT2D eigenvalue weighted by atomic mass is 10.1. The van der Waals surface area contributed by atoms with E-state index in [4.69, 9.17) is 5.73 Å². The van der Waals surface area contributed by atoms with Gasteiger partial charge in [0.1, 0.15) is 0 Å². The molecule has 3 N–H and O–H groups in total. The first kappa shape index (κ1) is 14.7. The molecule has 1 aromatic rings. The molecule has 0 saturated carbocycles. The van der Waals surface area contributed by atoms with Crippen LogP contribution in [0.1, 0.15) is 31.1 Å². The van der Waals surface area contributed by atoms with Crippen molar-refractivity contribution < 1.29 is 9.90 Å². The molecule has 0 aromatic heterocycles. The molecule has 0 aliphatic rings. The van der Waals surface area contributed by atoms with Crippen molar-refractivity contribution in [2.24, 2.45) is 5.73 Å². The van der Waals surface area contributed by atoms with Crippen molar-refractivity contribution in [3.8, 4) is 0 Å². The van der Waals surface area contributed by atoms with Gasteiger partial charge >= 0.3 is 0 Å². The predicted molar refractivity (Wildman–Crippen MR) is 72.0 cm³/mol. The molecule has 1 rings (SSSR count). The van der Waals surface area contributed by atoms with Gasteiger partial charge in [-0.1, -0.05) is 36.8 Å². The van der Waals surface area contributed by atoms with E-state index in [1.54, 1.807) is 6.92 Å². The third kappa shape index (κ3) is 3.82. The summed E-state index contributed by atoms with van der Waals surface area (Å²) in [5.41, 5.74) is 7.30. The van der Waals surface area contributed by atoms with Crippen LogP contribution in [-0.2, 0) is 4.79 Å². The van der Waals surface area contributed by atoms with Gasteiger partial charge in [-0.25, -0.2) is 0 Å². The van der Waals surface area contributed by atoms with Crippen LogP contribution >= 0.6 is 0 Å². The molecular formula is C14H22N2O2. The van der Waals surface area contributed by atoms with E-state index in [1.165, 1.54) is 0 Å². The lowest BCUT2D eigenvalue weighted by Gasteiger charge is -2.27. The second-order valence-electron chi connectivity index (χ2n) is 4.59. The molecule has 0 spiro atoms. The van der Waals surface area contributed by atoms with Gasteiger partial charge in [-0.05, 0) is 26.0 Å². The number of aryl methyl sites for hydroxylation is 1. The maximum absolute atomic E-state index is 11.2. The summed E-state index contributed by atoms with van der Waals surface area (Å²) in [5.74, 6) is -0.368. The minimum atomic E-state index is -0.604. The van der Waals surface area contributed by atoms with Crippen LogP contribution in [0.2, 0.25) is 0 Å². The SMILES string of the molecule is CCN(CC(O)c1ccc(C)cc1)C(C)C(N)=O. The summed E-state index contributed by atoms with van der Waals surface area (Å²) < 4.78 is 0. The number of hydrogen-bond donors (Lipinski definition) is 2. The number of likely N-dealkylation sites (N-methyl/N-ethyl adjacent to an activating group) is 1. The topological polar surface area (TPSA) is 66.6 Å². The van der Waals surface area contributed by atoms with E-state index in [-0.39, 0.29) is 11.9 Å². The molecular weight excluding hydrogens is 228 g/mol. The second kappa shape index (κ2) is 6.52. The number of aliphatic hydroxyl groups excluding tert-OH is 1. The Morgan fingerprint density at radius 3 is 2.39 bits per heavy atom. The van der Waals surface area contributed by atoms with Crippen LogP contribution in [0.3, 0.4) is 0 Å². The highest BCUT2D eigenvalue weighted by atomic mass is 16.3. The fourth-order valence-corrected chi connectivity index (χ4v) is 1.86. The molecule has 2 unspecified atom stereocenters. The lowest BCUT2D eigenvalue weighted by Crippen LogP contribution is -2.44. The molecule has 4 nitrogen and oxygen atoms in total. The van der Waals surface area contributed by atoms with Gasteiger partial charge in [-0.15, -0.1) is 0 Å². The number of carbonyl (C=O) groups is 1. The fourth-order valence-electron chi connectivity index (χ4n) is 1.86. The van der Waals surface area contributed by atoms with Gasteiger partial charge in [0, 0.05) is 6.54 Å². The monoisotopic (exact) mass is 250 g/mol. The highest BCUT2D eigenvalue weighted by molar-refractivity contribution is 5.79. The standard InChI is InChI=1S/C14H22N2O2/c1-4-16(11(3)14(15)18)9-13(17)12-7-5-10(2)6-8-12/h5-8,11,13,17H,4,9H2,1-3H3,(H2,15,18). The smallest absolute Gasteiger partial charge is 0.234 e. The summed E-state index contributed by atoms with van der Waals surface area (Å²) in [5, 5.41) is 10.1. The van der Waals surface area contributed by atoms with Gasteiger partial charge in [-0.2, -0.15) is 0 Å². The zero-order valence-electron chi connectivity index (χ0n) is 11.3. The van der Waals surface area contributed by atoms with E-state index in [1.807, 2.05) is 43.0 Å². The molecule has 0 saturated heterocycles. The number of benzene rings is 1. The Labute approximate surface area is 108 Å². The van der Waals surface area contributed by atoms with Crippen molar-refractivity contribution in [2.45, 2.75) is 32.9 Å². The Hall–Kier alpha value is -1.39. The summed E-state index contributed by atoms with van der Waals surface area (Å²) in [7, 11) is 0. The van der Waals surface area contributed by atoms with Gasteiger partial charge in [-0.3, -0.25) is 9.69 Å². The number of amides is 1. The minimum Gasteiger partial charge on any atom is -0.387 e. The summed E-state index contributed by atoms with van der Waals surface area (Å²) in [6.07, 6.45) is -0.604. The molecule has 18 heavy (non-hydrogen) atoms. The number of hydrogen-bond acceptors (Lipinski definition) is 3. The van der Waals surface area contributed by atoms with Crippen molar-refractivity contribution >= 4 is 5.91 Å². The summed E-state index contributed by atoms with van der Waals surface area (Å²) in [6.45, 7) is 6.79. The molecule has 1 amide bonds. The van der Waals surface area contributed by atoms with Crippen LogP contribution in [-0.4, -0.2) is 35.0 Å². The van der Waals surface area contributed by atoms with Crippen LogP contribution in [0.5, 0.6) is 0 Å². The van der Waals surface area contributed by atoms with Crippen molar-refractivity contribution in [2.75, 3.05) is 13.1 Å². The number of primary amides is 1. The maximum atomic E-state index is 11.2. The Balaban J connectivity index is 2.70. The quantitative estimate of drug-likeness (QED) is 0.798. The van der Waals surface area contributed by atoms with Gasteiger partial charge in [0.15, 0.2) is 0 Å². The molecule has 0 radical (unpaired) electrons. The fraction of sp³-hybridized carbons (Fsp3) is 0.500. The van der Waals surface area contributed by atoms with Crippen LogP contribution in [0, 0.1) is 6.92 Å². The highest BCUT2D eigenvalue weighted by Crippen LogP contribution is 2.16. The molecule has 100 valence electrons. The third-order valence-electron chi connectivity index (χ3n) is 3.24. The van der Waals surface area contributed by atoms with Crippen molar-refractivity contribution in [1.82, 2.24) is 4.90 Å². The lowest BCUT2D eigenvalue weighted by molar-refractivity contribution is -0.123. The summed E-state index contributed by atoms with van der Waals surface area (Å²) in [6, 6.07) is 7.37. The van der Waals surface area contributed by atoms with Crippen LogP contribution in [0.4, 0.5) is 0 Å². The van der Waals surface area contributed by atoms with E-state index in [2.05, 4.69) is 0 Å². The largest absolute Gasteiger partial charge is 0.387 e. The Morgan fingerprint density at radius 1 is 1.39 bits per heavy atom. The average Bonchev–Trinajstić information content (AvgIpc) is 2.35. The van der Waals surface area contributed by atoms with Gasteiger partial charge in [0.05, 0.1) is 12.1 Å². The summed E-state index contributed by atoms with van der Waals surface area (Å²) >= 11 is 0. The maximum Gasteiger partial charge on any atom is 0.234 e. The summed E-state index contributed by atoms with van der Waals surface area (Å²) in [4.78, 5) is 13.0. The molecule has 0 fully saturated rings. The molecule has 4 heteroatoms. The average molecular weight is 250 g/mol. The molecule has 0 heterocycles. The number of nitrogens with two attached hydrogens (primary N) is 1. The predicted octanol–water partition coefficient (Wildman–Crippen LogP) is 1.22. The van der Waals surface area contributed by atoms with E-state index in [0.29, 0.717) is 13.1 Å². The van der Waals surface area contributed by atoms with E-state index in [9.17, 15) is 9.90 Å². The van der Waals surface area contributed by atoms with Gasteiger partial charge in [0.25, 0.3) is 0 Å². The number of rotatable bonds is 6. The normalized spacial score (nSPS) is 14.5. The first-order valence-corrected chi connectivity index (χ1v) is 6.23. The van der Waals surface area contributed by atoms with E-state index >= 15 is 0 Å². The molecule has 0 aliphatic heterocycles. The second-order valence-corrected chi connectivity index (χ2v) is 4.59. The van der Waals surface area contributed by atoms with Crippen LogP contribution < -0.4 is 5.73 Å². The number of nitrogens with zero attached hydrogens (tertiary/aromatic N) is 1. The number of aliphatic hydroxyl groups is 1. The zero-order chi connectivity index (χ0) is 13.7. The zero-order valence-corrected chi connectivity index (χ0v) is 11.3. The van der Waals surface area contributed by atoms with Gasteiger partial charge < -0.3 is 10.8 Å². The van der Waals surface area contributed by atoms with Crippen molar-refractivity contribution in [1.29, 1.82) is 0 Å². The molecule has 2 atom stereocenters. The van der Waals surface area contributed by atoms with Crippen LogP contribution in [0.15, 0.2) is 24.3 Å². The van der Waals surface area contributed by atoms with Crippen LogP contribution in [0.25, 0.3) is 0 Å². The highest BCUT2D eigenvalue weighted by Gasteiger charge is 2.20. The first-order chi connectivity index (χ1) is 8.45. The molecule has 0 aliphatic carbocycles. The minimum absolute atomic E-state index is 0.366. The third-order valence-corrected chi connectivity index (χ3v) is 3.24. The first-order valence-electron chi connectivity index (χ1n) is 6.23. The van der Waals surface area contributed by atoms with Crippen molar-refractivity contribution in [3.05, 3.63) is 35.4 Å². The van der Waals surface area contributed by atoms with Gasteiger partial charge in [0.2, 0.25) is 5.91 Å². The van der Waals surface area contributed by atoms with Crippen molar-refractivity contribution in [3.63, 3.8) is 0 Å².